The third kappa shape index (κ3) is 3.55. The number of hydrogen-bond donors (Lipinski definition) is 0. The van der Waals surface area contributed by atoms with Gasteiger partial charge < -0.3 is 14.0 Å². The van der Waals surface area contributed by atoms with E-state index in [0.29, 0.717) is 9.94 Å². The van der Waals surface area contributed by atoms with E-state index >= 15 is 0 Å². The van der Waals surface area contributed by atoms with Crippen LogP contribution in [0.1, 0.15) is 27.7 Å². The molecule has 1 aliphatic heterocycles. The zero-order valence-electron chi connectivity index (χ0n) is 12.0. The molecular formula is C13H15BBrF3O3. The Bertz CT molecular complexity index is 530. The van der Waals surface area contributed by atoms with Crippen molar-refractivity contribution in [1.82, 2.24) is 0 Å². The topological polar surface area (TPSA) is 27.7 Å². The highest BCUT2D eigenvalue weighted by Gasteiger charge is 2.52. The molecule has 1 saturated heterocycles. The highest BCUT2D eigenvalue weighted by atomic mass is 79.9. The first-order chi connectivity index (χ1) is 9.41. The summed E-state index contributed by atoms with van der Waals surface area (Å²) in [5.74, 6) is -0.297. The summed E-state index contributed by atoms with van der Waals surface area (Å²) < 4.78 is 52.6. The van der Waals surface area contributed by atoms with Gasteiger partial charge >= 0.3 is 13.5 Å². The smallest absolute Gasteiger partial charge is 0.406 e. The Balaban J connectivity index is 2.23. The predicted molar refractivity (Wildman–Crippen MR) is 76.5 cm³/mol. The van der Waals surface area contributed by atoms with E-state index in [9.17, 15) is 13.2 Å². The quantitative estimate of drug-likeness (QED) is 0.748. The van der Waals surface area contributed by atoms with E-state index in [2.05, 4.69) is 20.7 Å². The second-order valence-corrected chi connectivity index (χ2v) is 6.67. The second kappa shape index (κ2) is 5.17. The number of benzene rings is 1. The van der Waals surface area contributed by atoms with Gasteiger partial charge in [0.05, 0.1) is 11.2 Å². The minimum atomic E-state index is -4.72. The zero-order valence-corrected chi connectivity index (χ0v) is 13.6. The van der Waals surface area contributed by atoms with Gasteiger partial charge in [0.25, 0.3) is 0 Å². The molecule has 1 aromatic rings. The summed E-state index contributed by atoms with van der Waals surface area (Å²) in [6.45, 7) is 7.62. The standard InChI is InChI=1S/C13H15BBrF3O3/c1-11(2)12(3,4)21-14(20-11)9-6-5-8(7-10(9)15)19-13(16,17)18/h5-7H,1-4H3. The molecule has 0 unspecified atom stereocenters. The Morgan fingerprint density at radius 3 is 2.05 bits per heavy atom. The molecule has 0 spiro atoms. The van der Waals surface area contributed by atoms with Crippen molar-refractivity contribution >= 4 is 28.5 Å². The van der Waals surface area contributed by atoms with Gasteiger partial charge in [0.1, 0.15) is 5.75 Å². The molecule has 21 heavy (non-hydrogen) atoms. The molecule has 1 aliphatic rings. The fraction of sp³-hybridized carbons (Fsp3) is 0.538. The van der Waals surface area contributed by atoms with Crippen LogP contribution in [-0.2, 0) is 9.31 Å². The average Bonchev–Trinajstić information content (AvgIpc) is 2.45. The van der Waals surface area contributed by atoms with Crippen molar-refractivity contribution in [2.75, 3.05) is 0 Å². The molecule has 2 rings (SSSR count). The van der Waals surface area contributed by atoms with E-state index in [0.717, 1.165) is 0 Å². The van der Waals surface area contributed by atoms with Crippen molar-refractivity contribution in [3.63, 3.8) is 0 Å². The number of rotatable bonds is 2. The summed E-state index contributed by atoms with van der Waals surface area (Å²) in [7, 11) is -0.649. The van der Waals surface area contributed by atoms with Crippen LogP contribution < -0.4 is 10.2 Å². The van der Waals surface area contributed by atoms with Crippen LogP contribution in [0.5, 0.6) is 5.75 Å². The summed E-state index contributed by atoms with van der Waals surface area (Å²) >= 11 is 3.23. The third-order valence-electron chi connectivity index (χ3n) is 3.71. The Morgan fingerprint density at radius 2 is 1.62 bits per heavy atom. The molecule has 0 radical (unpaired) electrons. The molecule has 3 nitrogen and oxygen atoms in total. The van der Waals surface area contributed by atoms with Gasteiger partial charge in [-0.2, -0.15) is 0 Å². The first kappa shape index (κ1) is 16.6. The van der Waals surface area contributed by atoms with Crippen LogP contribution in [0.3, 0.4) is 0 Å². The van der Waals surface area contributed by atoms with Crippen molar-refractivity contribution < 1.29 is 27.2 Å². The lowest BCUT2D eigenvalue weighted by Gasteiger charge is -2.32. The molecule has 0 amide bonds. The SMILES string of the molecule is CC1(C)OB(c2ccc(OC(F)(F)F)cc2Br)OC1(C)C. The Labute approximate surface area is 130 Å². The van der Waals surface area contributed by atoms with Crippen LogP contribution in [0.25, 0.3) is 0 Å². The molecule has 0 bridgehead atoms. The molecular weight excluding hydrogens is 352 g/mol. The van der Waals surface area contributed by atoms with Crippen molar-refractivity contribution in [2.45, 2.75) is 45.3 Å². The van der Waals surface area contributed by atoms with Gasteiger partial charge in [-0.15, -0.1) is 13.2 Å². The molecule has 1 heterocycles. The molecule has 0 aromatic heterocycles. The van der Waals surface area contributed by atoms with Crippen LogP contribution in [0.2, 0.25) is 0 Å². The predicted octanol–water partition coefficient (Wildman–Crippen LogP) is 3.65. The normalized spacial score (nSPS) is 20.7. The van der Waals surface area contributed by atoms with Gasteiger partial charge in [0, 0.05) is 4.47 Å². The van der Waals surface area contributed by atoms with E-state index < -0.39 is 24.7 Å². The fourth-order valence-corrected chi connectivity index (χ4v) is 2.41. The van der Waals surface area contributed by atoms with Gasteiger partial charge in [-0.1, -0.05) is 22.0 Å². The van der Waals surface area contributed by atoms with Gasteiger partial charge in [-0.25, -0.2) is 0 Å². The number of halogens is 4. The fourth-order valence-electron chi connectivity index (χ4n) is 1.87. The Hall–Kier alpha value is -0.725. The monoisotopic (exact) mass is 366 g/mol. The van der Waals surface area contributed by atoms with Crippen LogP contribution in [0, 0.1) is 0 Å². The molecule has 8 heteroatoms. The van der Waals surface area contributed by atoms with Gasteiger partial charge in [-0.05, 0) is 45.3 Å². The average molecular weight is 367 g/mol. The Morgan fingerprint density at radius 1 is 1.10 bits per heavy atom. The summed E-state index contributed by atoms with van der Waals surface area (Å²) in [6.07, 6.45) is -4.72. The van der Waals surface area contributed by atoms with E-state index in [-0.39, 0.29) is 5.75 Å². The largest absolute Gasteiger partial charge is 0.573 e. The number of ether oxygens (including phenoxy) is 1. The molecule has 0 atom stereocenters. The minimum Gasteiger partial charge on any atom is -0.406 e. The third-order valence-corrected chi connectivity index (χ3v) is 4.40. The zero-order chi connectivity index (χ0) is 16.1. The van der Waals surface area contributed by atoms with Crippen LogP contribution in [0.4, 0.5) is 13.2 Å². The van der Waals surface area contributed by atoms with Gasteiger partial charge in [0.2, 0.25) is 0 Å². The maximum absolute atomic E-state index is 12.2. The van der Waals surface area contributed by atoms with Crippen LogP contribution in [-0.4, -0.2) is 24.7 Å². The molecule has 0 saturated carbocycles. The highest BCUT2D eigenvalue weighted by molar-refractivity contribution is 9.10. The molecule has 1 aromatic carbocycles. The van der Waals surface area contributed by atoms with Gasteiger partial charge in [0.15, 0.2) is 0 Å². The Kier molecular flexibility index (Phi) is 4.10. The maximum Gasteiger partial charge on any atom is 0.573 e. The summed E-state index contributed by atoms with van der Waals surface area (Å²) in [5, 5.41) is 0. The molecule has 116 valence electrons. The number of hydrogen-bond acceptors (Lipinski definition) is 3. The summed E-state index contributed by atoms with van der Waals surface area (Å²) in [5.41, 5.74) is -0.417. The van der Waals surface area contributed by atoms with Crippen LogP contribution in [0.15, 0.2) is 22.7 Å². The minimum absolute atomic E-state index is 0.297. The van der Waals surface area contributed by atoms with E-state index in [4.69, 9.17) is 9.31 Å². The second-order valence-electron chi connectivity index (χ2n) is 5.82. The van der Waals surface area contributed by atoms with E-state index in [1.54, 1.807) is 0 Å². The first-order valence-corrected chi connectivity index (χ1v) is 7.11. The van der Waals surface area contributed by atoms with E-state index in [1.807, 2.05) is 27.7 Å². The number of alkyl halides is 3. The van der Waals surface area contributed by atoms with Gasteiger partial charge in [-0.3, -0.25) is 0 Å². The van der Waals surface area contributed by atoms with Crippen molar-refractivity contribution in [3.8, 4) is 5.75 Å². The lowest BCUT2D eigenvalue weighted by Crippen LogP contribution is -2.41. The molecule has 1 fully saturated rings. The lowest BCUT2D eigenvalue weighted by atomic mass is 9.79. The molecule has 0 N–H and O–H groups in total. The highest BCUT2D eigenvalue weighted by Crippen LogP contribution is 2.37. The van der Waals surface area contributed by atoms with E-state index in [1.165, 1.54) is 18.2 Å². The summed E-state index contributed by atoms with van der Waals surface area (Å²) in [6, 6.07) is 3.97. The van der Waals surface area contributed by atoms with Crippen molar-refractivity contribution in [1.29, 1.82) is 0 Å². The first-order valence-electron chi connectivity index (χ1n) is 6.32. The molecule has 0 aliphatic carbocycles. The summed E-state index contributed by atoms with van der Waals surface area (Å²) in [4.78, 5) is 0. The van der Waals surface area contributed by atoms with Crippen LogP contribution >= 0.6 is 15.9 Å². The maximum atomic E-state index is 12.2. The lowest BCUT2D eigenvalue weighted by molar-refractivity contribution is -0.274. The van der Waals surface area contributed by atoms with Crippen molar-refractivity contribution in [3.05, 3.63) is 22.7 Å². The van der Waals surface area contributed by atoms with Crippen molar-refractivity contribution in [2.24, 2.45) is 0 Å².